The van der Waals surface area contributed by atoms with Gasteiger partial charge in [0.05, 0.1) is 29.0 Å². The molecular formula is C23H28BrCl4N5O3. The lowest BCUT2D eigenvalue weighted by atomic mass is 10.2. The Bertz CT molecular complexity index is 1240. The molecule has 8 nitrogen and oxygen atoms in total. The van der Waals surface area contributed by atoms with Crippen molar-refractivity contribution in [2.45, 2.75) is 26.5 Å². The molecule has 0 aliphatic carbocycles. The SMILES string of the molecule is Cc1nc2c(OCc3c(Cl)ccc(N(C)C(=O)CNC(=O)C(C)N(C)C)c3Cl)cccn2c1Br.Cl.Cl. The minimum Gasteiger partial charge on any atom is -0.485 e. The number of hydrogen-bond donors (Lipinski definition) is 1. The van der Waals surface area contributed by atoms with Crippen molar-refractivity contribution in [3.63, 3.8) is 0 Å². The number of ether oxygens (including phenoxy) is 1. The molecule has 2 aromatic heterocycles. The van der Waals surface area contributed by atoms with Gasteiger partial charge < -0.3 is 15.0 Å². The smallest absolute Gasteiger partial charge is 0.246 e. The zero-order valence-electron chi connectivity index (χ0n) is 20.3. The van der Waals surface area contributed by atoms with Gasteiger partial charge in [-0.25, -0.2) is 4.98 Å². The van der Waals surface area contributed by atoms with Crippen molar-refractivity contribution >= 4 is 87.1 Å². The lowest BCUT2D eigenvalue weighted by Crippen LogP contribution is -2.45. The fourth-order valence-corrected chi connectivity index (χ4v) is 4.15. The molecule has 1 aromatic carbocycles. The van der Waals surface area contributed by atoms with Crippen LogP contribution in [0.15, 0.2) is 35.1 Å². The number of nitrogens with zero attached hydrogens (tertiary/aromatic N) is 4. The number of amides is 2. The molecule has 1 atom stereocenters. The number of benzene rings is 1. The molecule has 0 saturated heterocycles. The third-order valence-electron chi connectivity index (χ3n) is 5.56. The average Bonchev–Trinajstić information content (AvgIpc) is 3.10. The van der Waals surface area contributed by atoms with Crippen molar-refractivity contribution in [1.82, 2.24) is 19.6 Å². The maximum Gasteiger partial charge on any atom is 0.246 e. The van der Waals surface area contributed by atoms with Crippen molar-refractivity contribution in [3.05, 3.63) is 56.4 Å². The van der Waals surface area contributed by atoms with Gasteiger partial charge in [0, 0.05) is 23.8 Å². The Kier molecular flexibility index (Phi) is 12.3. The Morgan fingerprint density at radius 3 is 2.50 bits per heavy atom. The van der Waals surface area contributed by atoms with E-state index in [0.29, 0.717) is 32.7 Å². The predicted molar refractivity (Wildman–Crippen MR) is 152 cm³/mol. The lowest BCUT2D eigenvalue weighted by Gasteiger charge is -2.23. The van der Waals surface area contributed by atoms with Gasteiger partial charge >= 0.3 is 0 Å². The van der Waals surface area contributed by atoms with Crippen LogP contribution in [0.4, 0.5) is 5.69 Å². The van der Waals surface area contributed by atoms with Gasteiger partial charge in [-0.2, -0.15) is 0 Å². The van der Waals surface area contributed by atoms with Gasteiger partial charge in [0.2, 0.25) is 11.8 Å². The first-order valence-corrected chi connectivity index (χ1v) is 12.0. The van der Waals surface area contributed by atoms with E-state index >= 15 is 0 Å². The number of aryl methyl sites for hydroxylation is 1. The highest BCUT2D eigenvalue weighted by Crippen LogP contribution is 2.35. The number of rotatable bonds is 8. The number of imidazole rings is 1. The minimum absolute atomic E-state index is 0. The molecular weight excluding hydrogens is 616 g/mol. The molecule has 13 heteroatoms. The Labute approximate surface area is 241 Å². The summed E-state index contributed by atoms with van der Waals surface area (Å²) < 4.78 is 8.74. The normalized spacial score (nSPS) is 11.5. The largest absolute Gasteiger partial charge is 0.485 e. The van der Waals surface area contributed by atoms with Gasteiger partial charge in [-0.15, -0.1) is 24.8 Å². The van der Waals surface area contributed by atoms with Crippen LogP contribution in [0.1, 0.15) is 18.2 Å². The highest BCUT2D eigenvalue weighted by atomic mass is 79.9. The third kappa shape index (κ3) is 6.96. The lowest BCUT2D eigenvalue weighted by molar-refractivity contribution is -0.127. The quantitative estimate of drug-likeness (QED) is 0.367. The van der Waals surface area contributed by atoms with Crippen molar-refractivity contribution in [2.24, 2.45) is 0 Å². The van der Waals surface area contributed by atoms with Crippen LogP contribution in [0.2, 0.25) is 10.0 Å². The molecule has 0 aliphatic heterocycles. The fraction of sp³-hybridized carbons (Fsp3) is 0.348. The van der Waals surface area contributed by atoms with Gasteiger partial charge in [0.15, 0.2) is 11.4 Å². The van der Waals surface area contributed by atoms with E-state index in [-0.39, 0.29) is 55.8 Å². The summed E-state index contributed by atoms with van der Waals surface area (Å²) in [6.07, 6.45) is 1.88. The van der Waals surface area contributed by atoms with E-state index in [2.05, 4.69) is 26.2 Å². The predicted octanol–water partition coefficient (Wildman–Crippen LogP) is 5.16. The highest BCUT2D eigenvalue weighted by molar-refractivity contribution is 9.10. The summed E-state index contributed by atoms with van der Waals surface area (Å²) in [6.45, 7) is 3.58. The van der Waals surface area contributed by atoms with Crippen LogP contribution in [-0.2, 0) is 16.2 Å². The zero-order chi connectivity index (χ0) is 25.2. The van der Waals surface area contributed by atoms with Crippen LogP contribution in [0.3, 0.4) is 0 Å². The van der Waals surface area contributed by atoms with E-state index in [1.807, 2.05) is 29.7 Å². The number of likely N-dealkylation sites (N-methyl/N-ethyl adjacent to an activating group) is 2. The molecule has 3 aromatic rings. The average molecular weight is 644 g/mol. The van der Waals surface area contributed by atoms with Crippen molar-refractivity contribution in [1.29, 1.82) is 0 Å². The number of carbonyl (C=O) groups is 2. The standard InChI is InChI=1S/C23H26BrCl2N5O3.2ClH/c1-13-21(24)31-10-6-7-18(22(31)28-13)34-12-15-16(25)8-9-17(20(15)26)30(5)19(32)11-27-23(33)14(2)29(3)4;;/h6-10,14H,11-12H2,1-5H3,(H,27,33);2*1H. The number of pyridine rings is 1. The van der Waals surface area contributed by atoms with Gasteiger partial charge in [-0.05, 0) is 68.1 Å². The van der Waals surface area contributed by atoms with Crippen molar-refractivity contribution in [2.75, 3.05) is 32.6 Å². The topological polar surface area (TPSA) is 79.2 Å². The Morgan fingerprint density at radius 1 is 1.19 bits per heavy atom. The molecule has 0 aliphatic rings. The van der Waals surface area contributed by atoms with Gasteiger partial charge in [0.25, 0.3) is 0 Å². The van der Waals surface area contributed by atoms with Crippen LogP contribution < -0.4 is 15.0 Å². The molecule has 0 radical (unpaired) electrons. The Balaban J connectivity index is 0.00000324. The minimum atomic E-state index is -0.357. The number of fused-ring (bicyclic) bond motifs is 1. The second-order valence-electron chi connectivity index (χ2n) is 8.01. The number of hydrogen-bond acceptors (Lipinski definition) is 5. The van der Waals surface area contributed by atoms with Gasteiger partial charge in [-0.1, -0.05) is 23.2 Å². The molecule has 2 heterocycles. The van der Waals surface area contributed by atoms with E-state index in [9.17, 15) is 9.59 Å². The molecule has 2 amide bonds. The number of anilines is 1. The fourth-order valence-electron chi connectivity index (χ4n) is 3.16. The maximum atomic E-state index is 12.7. The molecule has 0 spiro atoms. The first-order chi connectivity index (χ1) is 16.0. The summed E-state index contributed by atoms with van der Waals surface area (Å²) in [5.41, 5.74) is 2.49. The van der Waals surface area contributed by atoms with Crippen molar-refractivity contribution < 1.29 is 14.3 Å². The number of halogens is 5. The number of nitrogens with one attached hydrogen (secondary N) is 1. The van der Waals surface area contributed by atoms with Crippen LogP contribution >= 0.6 is 63.9 Å². The van der Waals surface area contributed by atoms with E-state index < -0.39 is 0 Å². The van der Waals surface area contributed by atoms with Crippen LogP contribution in [0.25, 0.3) is 5.65 Å². The molecule has 3 rings (SSSR count). The van der Waals surface area contributed by atoms with Crippen LogP contribution in [0.5, 0.6) is 5.75 Å². The highest BCUT2D eigenvalue weighted by Gasteiger charge is 2.21. The molecule has 198 valence electrons. The summed E-state index contributed by atoms with van der Waals surface area (Å²) in [7, 11) is 5.18. The maximum absolute atomic E-state index is 12.7. The Hall–Kier alpha value is -1.75. The monoisotopic (exact) mass is 641 g/mol. The van der Waals surface area contributed by atoms with E-state index in [1.54, 1.807) is 45.1 Å². The second kappa shape index (κ2) is 13.7. The molecule has 0 fully saturated rings. The summed E-state index contributed by atoms with van der Waals surface area (Å²) in [6, 6.07) is 6.63. The summed E-state index contributed by atoms with van der Waals surface area (Å²) >= 11 is 16.6. The van der Waals surface area contributed by atoms with E-state index in [1.165, 1.54) is 4.90 Å². The molecule has 0 bridgehead atoms. The number of aromatic nitrogens is 2. The first kappa shape index (κ1) is 32.3. The second-order valence-corrected chi connectivity index (χ2v) is 9.55. The Morgan fingerprint density at radius 2 is 1.86 bits per heavy atom. The van der Waals surface area contributed by atoms with E-state index in [0.717, 1.165) is 10.3 Å². The van der Waals surface area contributed by atoms with Gasteiger partial charge in [0.1, 0.15) is 11.2 Å². The van der Waals surface area contributed by atoms with E-state index in [4.69, 9.17) is 27.9 Å². The zero-order valence-corrected chi connectivity index (χ0v) is 25.1. The molecule has 1 unspecified atom stereocenters. The summed E-state index contributed by atoms with van der Waals surface area (Å²) in [5, 5.41) is 3.36. The summed E-state index contributed by atoms with van der Waals surface area (Å²) in [4.78, 5) is 32.5. The van der Waals surface area contributed by atoms with Crippen LogP contribution in [-0.4, -0.2) is 59.8 Å². The molecule has 36 heavy (non-hydrogen) atoms. The molecule has 1 N–H and O–H groups in total. The van der Waals surface area contributed by atoms with Crippen LogP contribution in [0, 0.1) is 6.92 Å². The molecule has 0 saturated carbocycles. The first-order valence-electron chi connectivity index (χ1n) is 10.5. The summed E-state index contributed by atoms with van der Waals surface area (Å²) in [5.74, 6) is 0.00644. The number of carbonyl (C=O) groups excluding carboxylic acids is 2. The van der Waals surface area contributed by atoms with Gasteiger partial charge in [-0.3, -0.25) is 18.9 Å². The third-order valence-corrected chi connectivity index (χ3v) is 7.29. The van der Waals surface area contributed by atoms with Crippen molar-refractivity contribution in [3.8, 4) is 5.75 Å².